The Morgan fingerprint density at radius 1 is 0.917 bits per heavy atom. The zero-order valence-electron chi connectivity index (χ0n) is 28.5. The minimum absolute atomic E-state index is 0.188. The predicted molar refractivity (Wildman–Crippen MR) is 173 cm³/mol. The van der Waals surface area contributed by atoms with Crippen LogP contribution in [-0.4, -0.2) is 85.9 Å². The third kappa shape index (κ3) is 8.03. The molecule has 0 bridgehead atoms. The molecule has 0 radical (unpaired) electrons. The van der Waals surface area contributed by atoms with Crippen molar-refractivity contribution in [3.05, 3.63) is 72.1 Å². The third-order valence-electron chi connectivity index (χ3n) is 7.38. The lowest BCUT2D eigenvalue weighted by atomic mass is 10.1. The number of amides is 3. The molecule has 5 rings (SSSR count). The van der Waals surface area contributed by atoms with Crippen molar-refractivity contribution >= 4 is 23.9 Å². The van der Waals surface area contributed by atoms with Crippen molar-refractivity contribution in [3.8, 4) is 16.9 Å². The first kappa shape index (κ1) is 34.6. The Kier molecular flexibility index (Phi) is 9.39. The minimum Gasteiger partial charge on any atom is -0.490 e. The van der Waals surface area contributed by atoms with Crippen LogP contribution in [0.3, 0.4) is 0 Å². The highest BCUT2D eigenvalue weighted by Gasteiger charge is 2.44. The fourth-order valence-electron chi connectivity index (χ4n) is 5.27. The van der Waals surface area contributed by atoms with Crippen LogP contribution >= 0.6 is 0 Å². The molecular formula is C35H42N4O9. The molecule has 13 heteroatoms. The van der Waals surface area contributed by atoms with E-state index >= 15 is 0 Å². The van der Waals surface area contributed by atoms with Crippen LogP contribution in [0.1, 0.15) is 76.1 Å². The van der Waals surface area contributed by atoms with Crippen LogP contribution in [0, 0.1) is 0 Å². The number of imide groups is 1. The van der Waals surface area contributed by atoms with Crippen LogP contribution in [0.2, 0.25) is 0 Å². The molecule has 48 heavy (non-hydrogen) atoms. The van der Waals surface area contributed by atoms with Crippen molar-refractivity contribution in [1.29, 1.82) is 0 Å². The van der Waals surface area contributed by atoms with E-state index in [-0.39, 0.29) is 23.8 Å². The van der Waals surface area contributed by atoms with Crippen molar-refractivity contribution < 1.29 is 43.0 Å². The van der Waals surface area contributed by atoms with Gasteiger partial charge in [-0.1, -0.05) is 24.3 Å². The summed E-state index contributed by atoms with van der Waals surface area (Å²) >= 11 is 0. The summed E-state index contributed by atoms with van der Waals surface area (Å²) in [6.45, 7) is 14.7. The molecule has 0 saturated carbocycles. The van der Waals surface area contributed by atoms with Gasteiger partial charge in [0.15, 0.2) is 0 Å². The fraction of sp³-hybridized carbons (Fsp3) is 0.457. The lowest BCUT2D eigenvalue weighted by Gasteiger charge is -2.31. The number of ether oxygens (including phenoxy) is 4. The van der Waals surface area contributed by atoms with E-state index in [0.29, 0.717) is 23.9 Å². The monoisotopic (exact) mass is 662 g/mol. The second-order valence-corrected chi connectivity index (χ2v) is 14.1. The molecule has 0 N–H and O–H groups in total. The van der Waals surface area contributed by atoms with Crippen molar-refractivity contribution in [1.82, 2.24) is 19.7 Å². The summed E-state index contributed by atoms with van der Waals surface area (Å²) in [5.41, 5.74) is -0.189. The maximum absolute atomic E-state index is 13.0. The number of aromatic nitrogens is 2. The summed E-state index contributed by atoms with van der Waals surface area (Å²) in [5, 5.41) is 5.06. The second kappa shape index (κ2) is 13.0. The molecular weight excluding hydrogens is 620 g/mol. The van der Waals surface area contributed by atoms with Gasteiger partial charge in [-0.3, -0.25) is 19.2 Å². The molecule has 3 aromatic rings. The SMILES string of the molecule is CC(C)(C)OC(=O)C(COc1ccc(-c2cnn(CC3CN(C(=O)OC(C)(C)C)C(C)(C)O3)c2)cc1)ON1C(=O)c2ccccc2C1=O. The van der Waals surface area contributed by atoms with E-state index in [1.54, 1.807) is 60.8 Å². The van der Waals surface area contributed by atoms with Crippen molar-refractivity contribution in [3.63, 3.8) is 0 Å². The molecule has 256 valence electrons. The Hall–Kier alpha value is -4.75. The van der Waals surface area contributed by atoms with E-state index < -0.39 is 46.9 Å². The molecule has 2 unspecified atom stereocenters. The number of hydrogen-bond donors (Lipinski definition) is 0. The summed E-state index contributed by atoms with van der Waals surface area (Å²) in [7, 11) is 0. The Morgan fingerprint density at radius 3 is 2.10 bits per heavy atom. The second-order valence-electron chi connectivity index (χ2n) is 14.1. The number of esters is 1. The summed E-state index contributed by atoms with van der Waals surface area (Å²) in [6.07, 6.45) is 1.51. The fourth-order valence-corrected chi connectivity index (χ4v) is 5.27. The van der Waals surface area contributed by atoms with Crippen molar-refractivity contribution in [2.75, 3.05) is 13.2 Å². The summed E-state index contributed by atoms with van der Waals surface area (Å²) < 4.78 is 24.8. The largest absolute Gasteiger partial charge is 0.490 e. The van der Waals surface area contributed by atoms with Gasteiger partial charge in [-0.2, -0.15) is 5.10 Å². The average Bonchev–Trinajstić information content (AvgIpc) is 3.64. The number of hydroxylamine groups is 2. The summed E-state index contributed by atoms with van der Waals surface area (Å²) in [5.74, 6) is -1.70. The normalized spacial score (nSPS) is 18.1. The van der Waals surface area contributed by atoms with Gasteiger partial charge < -0.3 is 18.9 Å². The van der Waals surface area contributed by atoms with Gasteiger partial charge in [-0.05, 0) is 85.2 Å². The number of rotatable bonds is 9. The number of fused-ring (bicyclic) bond motifs is 1. The third-order valence-corrected chi connectivity index (χ3v) is 7.38. The molecule has 2 aliphatic heterocycles. The van der Waals surface area contributed by atoms with Crippen molar-refractivity contribution in [2.45, 2.75) is 91.1 Å². The zero-order valence-corrected chi connectivity index (χ0v) is 28.5. The van der Waals surface area contributed by atoms with E-state index in [1.807, 2.05) is 52.9 Å². The Balaban J connectivity index is 1.21. The number of benzene rings is 2. The minimum atomic E-state index is -1.40. The molecule has 2 aromatic carbocycles. The maximum atomic E-state index is 13.0. The van der Waals surface area contributed by atoms with Crippen LogP contribution in [0.4, 0.5) is 4.79 Å². The van der Waals surface area contributed by atoms with Crippen LogP contribution < -0.4 is 4.74 Å². The first-order chi connectivity index (χ1) is 22.4. The van der Waals surface area contributed by atoms with E-state index in [2.05, 4.69) is 5.10 Å². The zero-order chi connectivity index (χ0) is 35.0. The molecule has 2 atom stereocenters. The number of hydrogen-bond acceptors (Lipinski definition) is 10. The highest BCUT2D eigenvalue weighted by molar-refractivity contribution is 6.20. The number of nitrogens with zero attached hydrogens (tertiary/aromatic N) is 4. The van der Waals surface area contributed by atoms with E-state index in [9.17, 15) is 19.2 Å². The highest BCUT2D eigenvalue weighted by Crippen LogP contribution is 2.30. The standard InChI is InChI=1S/C35H42N4O9/c1-33(2,3)46-31(42)28(48-39-29(40)26-11-9-10-12-27(26)30(39)41)21-44-24-15-13-22(14-16-24)23-17-36-37(18-23)19-25-20-38(35(7,8)45-25)32(43)47-34(4,5)6/h9-18,25,28H,19-21H2,1-8H3. The lowest BCUT2D eigenvalue weighted by Crippen LogP contribution is -2.46. The highest BCUT2D eigenvalue weighted by atomic mass is 16.7. The van der Waals surface area contributed by atoms with Gasteiger partial charge in [0.25, 0.3) is 11.8 Å². The molecule has 0 aliphatic carbocycles. The van der Waals surface area contributed by atoms with Crippen LogP contribution in [0.5, 0.6) is 5.75 Å². The van der Waals surface area contributed by atoms with E-state index in [0.717, 1.165) is 11.1 Å². The smallest absolute Gasteiger partial charge is 0.412 e. The molecule has 2 aliphatic rings. The Labute approximate surface area is 279 Å². The van der Waals surface area contributed by atoms with Crippen LogP contribution in [0.25, 0.3) is 11.1 Å². The molecule has 1 aromatic heterocycles. The van der Waals surface area contributed by atoms with Gasteiger partial charge >= 0.3 is 12.1 Å². The lowest BCUT2D eigenvalue weighted by molar-refractivity contribution is -0.193. The van der Waals surface area contributed by atoms with Crippen LogP contribution in [0.15, 0.2) is 60.9 Å². The maximum Gasteiger partial charge on any atom is 0.412 e. The Bertz CT molecular complexity index is 1650. The first-order valence-electron chi connectivity index (χ1n) is 15.7. The van der Waals surface area contributed by atoms with Gasteiger partial charge in [0.1, 0.15) is 29.3 Å². The summed E-state index contributed by atoms with van der Waals surface area (Å²) in [6, 6.07) is 13.4. The van der Waals surface area contributed by atoms with Crippen LogP contribution in [-0.2, 0) is 30.4 Å². The quantitative estimate of drug-likeness (QED) is 0.221. The molecule has 3 heterocycles. The Morgan fingerprint density at radius 2 is 1.52 bits per heavy atom. The molecule has 1 saturated heterocycles. The number of carbonyl (C=O) groups is 4. The first-order valence-corrected chi connectivity index (χ1v) is 15.7. The van der Waals surface area contributed by atoms with Gasteiger partial charge in [0.2, 0.25) is 6.10 Å². The van der Waals surface area contributed by atoms with Gasteiger partial charge in [0, 0.05) is 11.8 Å². The van der Waals surface area contributed by atoms with E-state index in [4.69, 9.17) is 23.8 Å². The van der Waals surface area contributed by atoms with Gasteiger partial charge in [-0.25, -0.2) is 14.4 Å². The molecule has 0 spiro atoms. The van der Waals surface area contributed by atoms with E-state index in [1.165, 1.54) is 12.1 Å². The van der Waals surface area contributed by atoms with Gasteiger partial charge in [0.05, 0.1) is 36.5 Å². The number of carbonyl (C=O) groups excluding carboxylic acids is 4. The average molecular weight is 663 g/mol. The topological polar surface area (TPSA) is 139 Å². The molecule has 1 fully saturated rings. The molecule has 3 amide bonds. The van der Waals surface area contributed by atoms with Gasteiger partial charge in [-0.15, -0.1) is 5.06 Å². The predicted octanol–water partition coefficient (Wildman–Crippen LogP) is 5.24. The summed E-state index contributed by atoms with van der Waals surface area (Å²) in [4.78, 5) is 58.7. The molecule has 13 nitrogen and oxygen atoms in total. The van der Waals surface area contributed by atoms with Crippen molar-refractivity contribution in [2.24, 2.45) is 0 Å².